The second-order valence-corrected chi connectivity index (χ2v) is 7.42. The van der Waals surface area contributed by atoms with Crippen LogP contribution >= 0.6 is 0 Å². The van der Waals surface area contributed by atoms with Crippen LogP contribution < -0.4 is 5.32 Å². The van der Waals surface area contributed by atoms with Gasteiger partial charge in [0.25, 0.3) is 5.91 Å². The minimum absolute atomic E-state index is 0.0270. The van der Waals surface area contributed by atoms with Gasteiger partial charge in [0, 0.05) is 24.8 Å². The quantitative estimate of drug-likeness (QED) is 0.886. The van der Waals surface area contributed by atoms with Crippen LogP contribution in [0.25, 0.3) is 5.69 Å². The molecule has 1 unspecified atom stereocenters. The molecule has 5 nitrogen and oxygen atoms in total. The Balaban J connectivity index is 2.35. The van der Waals surface area contributed by atoms with Crippen molar-refractivity contribution in [1.82, 2.24) is 15.1 Å². The number of aryl methyl sites for hydroxylation is 1. The van der Waals surface area contributed by atoms with Crippen molar-refractivity contribution >= 4 is 5.91 Å². The SMILES string of the molecule is Cc1ccc(-n2cc(C(=O)NCC(C)CO)c(C(C)(C)C)n2)cc1. The number of benzene rings is 1. The zero-order valence-corrected chi connectivity index (χ0v) is 15.1. The van der Waals surface area contributed by atoms with Gasteiger partial charge in [-0.15, -0.1) is 0 Å². The molecule has 1 atom stereocenters. The lowest BCUT2D eigenvalue weighted by atomic mass is 9.89. The Hall–Kier alpha value is -2.14. The molecule has 2 rings (SSSR count). The number of hydrogen-bond acceptors (Lipinski definition) is 3. The molecule has 0 aliphatic heterocycles. The van der Waals surface area contributed by atoms with Crippen LogP contribution in [-0.4, -0.2) is 33.9 Å². The predicted molar refractivity (Wildman–Crippen MR) is 95.6 cm³/mol. The molecule has 0 fully saturated rings. The van der Waals surface area contributed by atoms with E-state index in [0.29, 0.717) is 12.1 Å². The van der Waals surface area contributed by atoms with E-state index in [9.17, 15) is 4.79 Å². The van der Waals surface area contributed by atoms with E-state index in [0.717, 1.165) is 11.4 Å². The topological polar surface area (TPSA) is 67.2 Å². The summed E-state index contributed by atoms with van der Waals surface area (Å²) in [6.45, 7) is 10.5. The van der Waals surface area contributed by atoms with Gasteiger partial charge < -0.3 is 10.4 Å². The normalized spacial score (nSPS) is 12.9. The maximum atomic E-state index is 12.6. The van der Waals surface area contributed by atoms with E-state index < -0.39 is 0 Å². The standard InChI is InChI=1S/C19H27N3O2/c1-13-6-8-15(9-7-13)22-11-16(17(21-22)19(3,4)5)18(24)20-10-14(2)12-23/h6-9,11,14,23H,10,12H2,1-5H3,(H,20,24). The predicted octanol–water partition coefficient (Wildman–Crippen LogP) is 2.84. The largest absolute Gasteiger partial charge is 0.396 e. The van der Waals surface area contributed by atoms with Crippen molar-refractivity contribution in [3.63, 3.8) is 0 Å². The van der Waals surface area contributed by atoms with E-state index in [4.69, 9.17) is 5.11 Å². The number of hydrogen-bond donors (Lipinski definition) is 2. The summed E-state index contributed by atoms with van der Waals surface area (Å²) in [6.07, 6.45) is 1.78. The van der Waals surface area contributed by atoms with Gasteiger partial charge in [-0.25, -0.2) is 4.68 Å². The van der Waals surface area contributed by atoms with Gasteiger partial charge in [-0.3, -0.25) is 4.79 Å². The fraction of sp³-hybridized carbons (Fsp3) is 0.474. The van der Waals surface area contributed by atoms with Gasteiger partial charge >= 0.3 is 0 Å². The molecule has 0 aliphatic rings. The number of aliphatic hydroxyl groups is 1. The van der Waals surface area contributed by atoms with Crippen molar-refractivity contribution in [1.29, 1.82) is 0 Å². The highest BCUT2D eigenvalue weighted by Gasteiger charge is 2.26. The van der Waals surface area contributed by atoms with E-state index in [-0.39, 0.29) is 23.8 Å². The van der Waals surface area contributed by atoms with Crippen molar-refractivity contribution in [2.75, 3.05) is 13.2 Å². The zero-order chi connectivity index (χ0) is 17.9. The lowest BCUT2D eigenvalue weighted by Crippen LogP contribution is -2.31. The molecule has 1 aromatic carbocycles. The fourth-order valence-corrected chi connectivity index (χ4v) is 2.35. The molecular weight excluding hydrogens is 302 g/mol. The maximum absolute atomic E-state index is 12.6. The first-order valence-corrected chi connectivity index (χ1v) is 8.28. The molecular formula is C19H27N3O2. The Labute approximate surface area is 143 Å². The summed E-state index contributed by atoms with van der Waals surface area (Å²) in [5, 5.41) is 16.6. The van der Waals surface area contributed by atoms with E-state index in [2.05, 4.69) is 10.4 Å². The number of carbonyl (C=O) groups is 1. The minimum atomic E-state index is -0.245. The van der Waals surface area contributed by atoms with Crippen LogP contribution in [0.4, 0.5) is 0 Å². The fourth-order valence-electron chi connectivity index (χ4n) is 2.35. The minimum Gasteiger partial charge on any atom is -0.396 e. The third-order valence-electron chi connectivity index (χ3n) is 3.89. The highest BCUT2D eigenvalue weighted by Crippen LogP contribution is 2.25. The highest BCUT2D eigenvalue weighted by atomic mass is 16.3. The Bertz CT molecular complexity index is 696. The number of aromatic nitrogens is 2. The van der Waals surface area contributed by atoms with Gasteiger partial charge in [0.05, 0.1) is 16.9 Å². The van der Waals surface area contributed by atoms with E-state index in [1.54, 1.807) is 10.9 Å². The van der Waals surface area contributed by atoms with E-state index in [1.807, 2.05) is 58.9 Å². The lowest BCUT2D eigenvalue weighted by molar-refractivity contribution is 0.0940. The average Bonchev–Trinajstić information content (AvgIpc) is 2.98. The van der Waals surface area contributed by atoms with Crippen molar-refractivity contribution in [3.05, 3.63) is 47.3 Å². The van der Waals surface area contributed by atoms with Crippen molar-refractivity contribution in [2.24, 2.45) is 5.92 Å². The summed E-state index contributed by atoms with van der Waals surface area (Å²) < 4.78 is 1.75. The zero-order valence-electron chi connectivity index (χ0n) is 15.1. The van der Waals surface area contributed by atoms with Crippen molar-refractivity contribution in [2.45, 2.75) is 40.0 Å². The smallest absolute Gasteiger partial charge is 0.254 e. The molecule has 5 heteroatoms. The van der Waals surface area contributed by atoms with Gasteiger partial charge in [-0.05, 0) is 25.0 Å². The van der Waals surface area contributed by atoms with Crippen molar-refractivity contribution in [3.8, 4) is 5.69 Å². The number of nitrogens with one attached hydrogen (secondary N) is 1. The van der Waals surface area contributed by atoms with Crippen LogP contribution in [0.3, 0.4) is 0 Å². The monoisotopic (exact) mass is 329 g/mol. The Morgan fingerprint density at radius 1 is 1.29 bits per heavy atom. The summed E-state index contributed by atoms with van der Waals surface area (Å²) in [4.78, 5) is 12.6. The Morgan fingerprint density at radius 3 is 2.46 bits per heavy atom. The molecule has 1 aromatic heterocycles. The summed E-state index contributed by atoms with van der Waals surface area (Å²) >= 11 is 0. The lowest BCUT2D eigenvalue weighted by Gasteiger charge is -2.17. The number of carbonyl (C=O) groups excluding carboxylic acids is 1. The second-order valence-electron chi connectivity index (χ2n) is 7.42. The van der Waals surface area contributed by atoms with Crippen molar-refractivity contribution < 1.29 is 9.90 Å². The van der Waals surface area contributed by atoms with Gasteiger partial charge in [0.15, 0.2) is 0 Å². The average molecular weight is 329 g/mol. The third-order valence-corrected chi connectivity index (χ3v) is 3.89. The van der Waals surface area contributed by atoms with E-state index >= 15 is 0 Å². The molecule has 1 heterocycles. The molecule has 130 valence electrons. The van der Waals surface area contributed by atoms with Crippen LogP contribution in [0.1, 0.15) is 49.3 Å². The molecule has 2 aromatic rings. The first kappa shape index (κ1) is 18.2. The van der Waals surface area contributed by atoms with Crippen LogP contribution in [0.15, 0.2) is 30.5 Å². The number of rotatable bonds is 5. The molecule has 0 spiro atoms. The molecule has 1 amide bonds. The van der Waals surface area contributed by atoms with Gasteiger partial charge in [-0.2, -0.15) is 5.10 Å². The van der Waals surface area contributed by atoms with Crippen LogP contribution in [-0.2, 0) is 5.41 Å². The Morgan fingerprint density at radius 2 is 1.92 bits per heavy atom. The Kier molecular flexibility index (Phi) is 5.44. The number of amides is 1. The van der Waals surface area contributed by atoms with E-state index in [1.165, 1.54) is 5.56 Å². The first-order valence-electron chi connectivity index (χ1n) is 8.28. The molecule has 2 N–H and O–H groups in total. The number of nitrogens with zero attached hydrogens (tertiary/aromatic N) is 2. The van der Waals surface area contributed by atoms with Crippen LogP contribution in [0.5, 0.6) is 0 Å². The molecule has 0 bridgehead atoms. The van der Waals surface area contributed by atoms with Crippen LogP contribution in [0, 0.1) is 12.8 Å². The molecule has 0 radical (unpaired) electrons. The van der Waals surface area contributed by atoms with Gasteiger partial charge in [-0.1, -0.05) is 45.4 Å². The number of aliphatic hydroxyl groups excluding tert-OH is 1. The maximum Gasteiger partial charge on any atom is 0.254 e. The third kappa shape index (κ3) is 4.23. The summed E-state index contributed by atoms with van der Waals surface area (Å²) in [7, 11) is 0. The molecule has 0 saturated carbocycles. The summed E-state index contributed by atoms with van der Waals surface area (Å²) in [6, 6.07) is 8.03. The highest BCUT2D eigenvalue weighted by molar-refractivity contribution is 5.95. The molecule has 24 heavy (non-hydrogen) atoms. The van der Waals surface area contributed by atoms with Gasteiger partial charge in [0.2, 0.25) is 0 Å². The molecule has 0 aliphatic carbocycles. The first-order chi connectivity index (χ1) is 11.2. The van der Waals surface area contributed by atoms with Crippen LogP contribution in [0.2, 0.25) is 0 Å². The second kappa shape index (κ2) is 7.18. The van der Waals surface area contributed by atoms with Gasteiger partial charge in [0.1, 0.15) is 0 Å². The molecule has 0 saturated heterocycles. The summed E-state index contributed by atoms with van der Waals surface area (Å²) in [5.41, 5.74) is 3.20. The summed E-state index contributed by atoms with van der Waals surface area (Å²) in [5.74, 6) is -0.127.